The van der Waals surface area contributed by atoms with Gasteiger partial charge in [-0.2, -0.15) is 0 Å². The van der Waals surface area contributed by atoms with Crippen molar-refractivity contribution in [2.24, 2.45) is 0 Å². The number of piperidine rings is 1. The van der Waals surface area contributed by atoms with Crippen LogP contribution in [0.3, 0.4) is 0 Å². The largest absolute Gasteiger partial charge is 0.353 e. The molecule has 0 aliphatic carbocycles. The van der Waals surface area contributed by atoms with Crippen molar-refractivity contribution in [1.82, 2.24) is 10.6 Å². The molecule has 1 fully saturated rings. The molecule has 2 heterocycles. The molecule has 0 aromatic carbocycles. The van der Waals surface area contributed by atoms with Crippen molar-refractivity contribution in [3.63, 3.8) is 0 Å². The van der Waals surface area contributed by atoms with Crippen molar-refractivity contribution in [2.75, 3.05) is 13.1 Å². The van der Waals surface area contributed by atoms with Crippen LogP contribution < -0.4 is 10.6 Å². The minimum absolute atomic E-state index is 0.216. The maximum Gasteiger partial charge on any atom is 0.220 e. The summed E-state index contributed by atoms with van der Waals surface area (Å²) in [6.07, 6.45) is 4.77. The summed E-state index contributed by atoms with van der Waals surface area (Å²) in [4.78, 5) is 13.1. The van der Waals surface area contributed by atoms with Crippen LogP contribution in [0.2, 0.25) is 0 Å². The molecule has 1 saturated heterocycles. The molecule has 0 saturated carbocycles. The van der Waals surface area contributed by atoms with Crippen molar-refractivity contribution in [3.8, 4) is 0 Å². The number of thiophene rings is 1. The highest BCUT2D eigenvalue weighted by molar-refractivity contribution is 7.09. The molecule has 4 heteroatoms. The zero-order valence-corrected chi connectivity index (χ0v) is 10.9. The number of carbonyl (C=O) groups excluding carboxylic acids is 1. The predicted molar refractivity (Wildman–Crippen MR) is 71.3 cm³/mol. The molecule has 0 unspecified atom stereocenters. The van der Waals surface area contributed by atoms with Gasteiger partial charge in [-0.05, 0) is 50.2 Å². The third kappa shape index (κ3) is 4.48. The summed E-state index contributed by atoms with van der Waals surface area (Å²) < 4.78 is 0. The maximum absolute atomic E-state index is 11.7. The Morgan fingerprint density at radius 1 is 1.47 bits per heavy atom. The molecule has 1 aromatic heterocycles. The Kier molecular flexibility index (Phi) is 5.01. The number of aryl methyl sites for hydroxylation is 1. The second kappa shape index (κ2) is 6.77. The lowest BCUT2D eigenvalue weighted by Crippen LogP contribution is -2.42. The van der Waals surface area contributed by atoms with Crippen LogP contribution in [0, 0.1) is 0 Å². The van der Waals surface area contributed by atoms with Crippen LogP contribution in [-0.2, 0) is 11.2 Å². The molecule has 2 N–H and O–H groups in total. The first-order valence-corrected chi connectivity index (χ1v) is 7.25. The highest BCUT2D eigenvalue weighted by Crippen LogP contribution is 2.12. The van der Waals surface area contributed by atoms with E-state index >= 15 is 0 Å². The first-order valence-electron chi connectivity index (χ1n) is 6.37. The minimum Gasteiger partial charge on any atom is -0.353 e. The molecular weight excluding hydrogens is 232 g/mol. The van der Waals surface area contributed by atoms with E-state index in [-0.39, 0.29) is 5.91 Å². The Balaban J connectivity index is 1.60. The molecule has 1 amide bonds. The van der Waals surface area contributed by atoms with E-state index in [1.54, 1.807) is 11.3 Å². The number of hydrogen-bond acceptors (Lipinski definition) is 3. The number of amides is 1. The number of carbonyl (C=O) groups is 1. The van der Waals surface area contributed by atoms with Crippen LogP contribution in [0.15, 0.2) is 17.5 Å². The van der Waals surface area contributed by atoms with E-state index in [1.165, 1.54) is 4.88 Å². The van der Waals surface area contributed by atoms with E-state index in [1.807, 2.05) is 0 Å². The van der Waals surface area contributed by atoms with Crippen molar-refractivity contribution in [1.29, 1.82) is 0 Å². The topological polar surface area (TPSA) is 41.1 Å². The fourth-order valence-corrected chi connectivity index (χ4v) is 2.90. The SMILES string of the molecule is O=C(CCCc1cccs1)NC1CCNCC1. The van der Waals surface area contributed by atoms with Crippen molar-refractivity contribution >= 4 is 17.2 Å². The summed E-state index contributed by atoms with van der Waals surface area (Å²) in [5.74, 6) is 0.216. The molecule has 17 heavy (non-hydrogen) atoms. The van der Waals surface area contributed by atoms with Gasteiger partial charge in [0, 0.05) is 17.3 Å². The summed E-state index contributed by atoms with van der Waals surface area (Å²) >= 11 is 1.77. The van der Waals surface area contributed by atoms with Crippen molar-refractivity contribution < 1.29 is 4.79 Å². The molecule has 1 aromatic rings. The monoisotopic (exact) mass is 252 g/mol. The summed E-state index contributed by atoms with van der Waals surface area (Å²) in [6, 6.07) is 4.59. The summed E-state index contributed by atoms with van der Waals surface area (Å²) in [6.45, 7) is 2.06. The molecule has 2 rings (SSSR count). The third-order valence-corrected chi connectivity index (χ3v) is 4.05. The van der Waals surface area contributed by atoms with Gasteiger partial charge in [0.25, 0.3) is 0 Å². The predicted octanol–water partition coefficient (Wildman–Crippen LogP) is 1.94. The van der Waals surface area contributed by atoms with Gasteiger partial charge in [-0.15, -0.1) is 11.3 Å². The van der Waals surface area contributed by atoms with Crippen LogP contribution in [0.25, 0.3) is 0 Å². The second-order valence-corrected chi connectivity index (χ2v) is 5.56. The van der Waals surface area contributed by atoms with Gasteiger partial charge in [-0.1, -0.05) is 6.07 Å². The van der Waals surface area contributed by atoms with Gasteiger partial charge in [0.05, 0.1) is 0 Å². The van der Waals surface area contributed by atoms with E-state index in [4.69, 9.17) is 0 Å². The Bertz CT molecular complexity index is 331. The van der Waals surface area contributed by atoms with E-state index in [2.05, 4.69) is 28.1 Å². The van der Waals surface area contributed by atoms with Gasteiger partial charge < -0.3 is 10.6 Å². The Hall–Kier alpha value is -0.870. The van der Waals surface area contributed by atoms with Gasteiger partial charge >= 0.3 is 0 Å². The van der Waals surface area contributed by atoms with E-state index in [9.17, 15) is 4.79 Å². The van der Waals surface area contributed by atoms with Crippen LogP contribution in [0.5, 0.6) is 0 Å². The van der Waals surface area contributed by atoms with E-state index in [0.717, 1.165) is 38.8 Å². The second-order valence-electron chi connectivity index (χ2n) is 4.52. The summed E-state index contributed by atoms with van der Waals surface area (Å²) in [7, 11) is 0. The normalized spacial score (nSPS) is 16.9. The number of rotatable bonds is 5. The molecule has 0 radical (unpaired) electrons. The van der Waals surface area contributed by atoms with Crippen LogP contribution in [-0.4, -0.2) is 25.0 Å². The van der Waals surface area contributed by atoms with Crippen LogP contribution in [0.4, 0.5) is 0 Å². The van der Waals surface area contributed by atoms with Gasteiger partial charge in [-0.25, -0.2) is 0 Å². The highest BCUT2D eigenvalue weighted by Gasteiger charge is 2.14. The van der Waals surface area contributed by atoms with Crippen molar-refractivity contribution in [2.45, 2.75) is 38.1 Å². The standard InChI is InChI=1S/C13H20N2OS/c16-13(15-11-6-8-14-9-7-11)5-1-3-12-4-2-10-17-12/h2,4,10-11,14H,1,3,5-9H2,(H,15,16). The minimum atomic E-state index is 0.216. The lowest BCUT2D eigenvalue weighted by molar-refractivity contribution is -0.122. The van der Waals surface area contributed by atoms with Gasteiger partial charge in [-0.3, -0.25) is 4.79 Å². The Morgan fingerprint density at radius 2 is 2.29 bits per heavy atom. The van der Waals surface area contributed by atoms with E-state index in [0.29, 0.717) is 12.5 Å². The fraction of sp³-hybridized carbons (Fsp3) is 0.615. The summed E-state index contributed by atoms with van der Waals surface area (Å²) in [5.41, 5.74) is 0. The zero-order chi connectivity index (χ0) is 11.9. The number of nitrogens with one attached hydrogen (secondary N) is 2. The van der Waals surface area contributed by atoms with E-state index < -0.39 is 0 Å². The quantitative estimate of drug-likeness (QED) is 0.841. The summed E-state index contributed by atoms with van der Waals surface area (Å²) in [5, 5.41) is 8.51. The van der Waals surface area contributed by atoms with Gasteiger partial charge in [0.2, 0.25) is 5.91 Å². The average molecular weight is 252 g/mol. The molecule has 0 atom stereocenters. The van der Waals surface area contributed by atoms with Crippen LogP contribution >= 0.6 is 11.3 Å². The molecular formula is C13H20N2OS. The lowest BCUT2D eigenvalue weighted by atomic mass is 10.1. The highest BCUT2D eigenvalue weighted by atomic mass is 32.1. The Labute approximate surface area is 107 Å². The van der Waals surface area contributed by atoms with Crippen LogP contribution in [0.1, 0.15) is 30.6 Å². The van der Waals surface area contributed by atoms with Crippen molar-refractivity contribution in [3.05, 3.63) is 22.4 Å². The molecule has 0 spiro atoms. The van der Waals surface area contributed by atoms with Gasteiger partial charge in [0.1, 0.15) is 0 Å². The molecule has 3 nitrogen and oxygen atoms in total. The molecule has 1 aliphatic rings. The molecule has 1 aliphatic heterocycles. The maximum atomic E-state index is 11.7. The zero-order valence-electron chi connectivity index (χ0n) is 10.1. The average Bonchev–Trinajstić information content (AvgIpc) is 2.83. The Morgan fingerprint density at radius 3 is 3.00 bits per heavy atom. The smallest absolute Gasteiger partial charge is 0.220 e. The number of hydrogen-bond donors (Lipinski definition) is 2. The fourth-order valence-electron chi connectivity index (χ4n) is 2.14. The molecule has 0 bridgehead atoms. The lowest BCUT2D eigenvalue weighted by Gasteiger charge is -2.23. The third-order valence-electron chi connectivity index (χ3n) is 3.11. The first-order chi connectivity index (χ1) is 8.34. The van der Waals surface area contributed by atoms with Gasteiger partial charge in [0.15, 0.2) is 0 Å². The first kappa shape index (κ1) is 12.6. The molecule has 94 valence electrons.